The first-order valence-electron chi connectivity index (χ1n) is 5.74. The summed E-state index contributed by atoms with van der Waals surface area (Å²) >= 11 is 0. The van der Waals surface area contributed by atoms with Crippen molar-refractivity contribution in [3.63, 3.8) is 0 Å². The van der Waals surface area contributed by atoms with Gasteiger partial charge in [-0.2, -0.15) is 0 Å². The monoisotopic (exact) mass is 245 g/mol. The van der Waals surface area contributed by atoms with E-state index in [2.05, 4.69) is 0 Å². The Bertz CT molecular complexity index is 479. The summed E-state index contributed by atoms with van der Waals surface area (Å²) in [5.41, 5.74) is 1.04. The van der Waals surface area contributed by atoms with Crippen molar-refractivity contribution in [2.75, 3.05) is 6.61 Å². The third-order valence-electron chi connectivity index (χ3n) is 2.66. The van der Waals surface area contributed by atoms with E-state index in [1.165, 1.54) is 0 Å². The highest BCUT2D eigenvalue weighted by Crippen LogP contribution is 2.10. The number of benzene rings is 1. The Hall–Kier alpha value is -2.07. The Labute approximate surface area is 105 Å². The predicted molar refractivity (Wildman–Crippen MR) is 67.2 cm³/mol. The highest BCUT2D eigenvalue weighted by molar-refractivity contribution is 5.72. The summed E-state index contributed by atoms with van der Waals surface area (Å²) in [6.45, 7) is 0.574. The zero-order valence-electron chi connectivity index (χ0n) is 9.90. The molecule has 0 saturated heterocycles. The molecule has 0 saturated carbocycles. The molecule has 1 unspecified atom stereocenters. The third-order valence-corrected chi connectivity index (χ3v) is 2.66. The van der Waals surface area contributed by atoms with E-state index in [0.29, 0.717) is 6.61 Å². The molecule has 1 aromatic carbocycles. The maximum Gasteiger partial charge on any atom is 0.329 e. The van der Waals surface area contributed by atoms with Gasteiger partial charge in [0.2, 0.25) is 0 Å². The van der Waals surface area contributed by atoms with E-state index in [-0.39, 0.29) is 6.61 Å². The lowest BCUT2D eigenvalue weighted by atomic mass is 10.2. The molecule has 4 heteroatoms. The number of carboxylic acid groups (broad SMARTS) is 1. The topological polar surface area (TPSA) is 51.5 Å². The van der Waals surface area contributed by atoms with Gasteiger partial charge in [-0.1, -0.05) is 30.3 Å². The van der Waals surface area contributed by atoms with Crippen LogP contribution in [0.2, 0.25) is 0 Å². The van der Waals surface area contributed by atoms with Gasteiger partial charge in [-0.25, -0.2) is 4.79 Å². The van der Waals surface area contributed by atoms with Crippen LogP contribution in [0.25, 0.3) is 0 Å². The second-order valence-electron chi connectivity index (χ2n) is 3.99. The van der Waals surface area contributed by atoms with Gasteiger partial charge >= 0.3 is 5.97 Å². The molecule has 2 rings (SSSR count). The van der Waals surface area contributed by atoms with Gasteiger partial charge in [0.25, 0.3) is 0 Å². The van der Waals surface area contributed by atoms with Gasteiger partial charge in [-0.05, 0) is 17.7 Å². The van der Waals surface area contributed by atoms with Gasteiger partial charge in [-0.15, -0.1) is 0 Å². The first-order chi connectivity index (χ1) is 8.77. The van der Waals surface area contributed by atoms with Crippen LogP contribution in [0.5, 0.6) is 0 Å². The maximum absolute atomic E-state index is 11.1. The number of carboxylic acids is 1. The van der Waals surface area contributed by atoms with Gasteiger partial charge in [0, 0.05) is 12.4 Å². The van der Waals surface area contributed by atoms with Crippen LogP contribution in [0.15, 0.2) is 54.9 Å². The zero-order chi connectivity index (χ0) is 12.8. The fourth-order valence-corrected chi connectivity index (χ4v) is 1.70. The minimum Gasteiger partial charge on any atom is -0.480 e. The number of rotatable bonds is 6. The van der Waals surface area contributed by atoms with Crippen LogP contribution in [0.1, 0.15) is 11.6 Å². The molecular formula is C14H15NO3. The van der Waals surface area contributed by atoms with Crippen molar-refractivity contribution < 1.29 is 14.6 Å². The summed E-state index contributed by atoms with van der Waals surface area (Å²) in [7, 11) is 0. The van der Waals surface area contributed by atoms with E-state index < -0.39 is 12.0 Å². The summed E-state index contributed by atoms with van der Waals surface area (Å²) in [5.74, 6) is -0.890. The molecule has 1 aromatic heterocycles. The lowest BCUT2D eigenvalue weighted by molar-refractivity contribution is -0.143. The van der Waals surface area contributed by atoms with Crippen molar-refractivity contribution in [3.8, 4) is 0 Å². The first kappa shape index (κ1) is 12.4. The van der Waals surface area contributed by atoms with Crippen molar-refractivity contribution in [1.82, 2.24) is 4.57 Å². The van der Waals surface area contributed by atoms with E-state index in [9.17, 15) is 4.79 Å². The molecule has 0 amide bonds. The van der Waals surface area contributed by atoms with Crippen LogP contribution >= 0.6 is 0 Å². The first-order valence-corrected chi connectivity index (χ1v) is 5.74. The highest BCUT2D eigenvalue weighted by atomic mass is 16.5. The summed E-state index contributed by atoms with van der Waals surface area (Å²) < 4.78 is 7.10. The molecule has 0 bridgehead atoms. The third kappa shape index (κ3) is 3.21. The molecule has 94 valence electrons. The molecule has 1 N–H and O–H groups in total. The summed E-state index contributed by atoms with van der Waals surface area (Å²) in [5, 5.41) is 9.14. The van der Waals surface area contributed by atoms with E-state index >= 15 is 0 Å². The molecule has 0 aliphatic rings. The molecule has 0 radical (unpaired) electrons. The molecular weight excluding hydrogens is 230 g/mol. The maximum atomic E-state index is 11.1. The molecule has 2 aromatic rings. The molecule has 0 spiro atoms. The SMILES string of the molecule is O=C(O)C(COCc1ccccc1)n1cccc1. The van der Waals surface area contributed by atoms with Crippen molar-refractivity contribution in [2.24, 2.45) is 0 Å². The zero-order valence-corrected chi connectivity index (χ0v) is 9.90. The summed E-state index contributed by atoms with van der Waals surface area (Å²) in [4.78, 5) is 11.1. The van der Waals surface area contributed by atoms with Gasteiger partial charge < -0.3 is 14.4 Å². The summed E-state index contributed by atoms with van der Waals surface area (Å²) in [6.07, 6.45) is 3.45. The van der Waals surface area contributed by atoms with Crippen LogP contribution < -0.4 is 0 Å². The lowest BCUT2D eigenvalue weighted by Crippen LogP contribution is -2.23. The van der Waals surface area contributed by atoms with Crippen LogP contribution in [0.3, 0.4) is 0 Å². The molecule has 0 aliphatic carbocycles. The summed E-state index contributed by atoms with van der Waals surface area (Å²) in [6, 6.07) is 12.6. The van der Waals surface area contributed by atoms with Gasteiger partial charge in [0.05, 0.1) is 13.2 Å². The van der Waals surface area contributed by atoms with Crippen molar-refractivity contribution in [3.05, 3.63) is 60.4 Å². The van der Waals surface area contributed by atoms with Gasteiger partial charge in [-0.3, -0.25) is 0 Å². The normalized spacial score (nSPS) is 12.2. The van der Waals surface area contributed by atoms with E-state index in [1.54, 1.807) is 29.1 Å². The molecule has 0 fully saturated rings. The van der Waals surface area contributed by atoms with Crippen LogP contribution in [-0.4, -0.2) is 22.2 Å². The quantitative estimate of drug-likeness (QED) is 0.849. The van der Waals surface area contributed by atoms with Crippen molar-refractivity contribution in [2.45, 2.75) is 12.6 Å². The van der Waals surface area contributed by atoms with Crippen LogP contribution in [0, 0.1) is 0 Å². The smallest absolute Gasteiger partial charge is 0.329 e. The number of nitrogens with zero attached hydrogens (tertiary/aromatic N) is 1. The Balaban J connectivity index is 1.89. The number of aliphatic carboxylic acids is 1. The Morgan fingerprint density at radius 3 is 2.44 bits per heavy atom. The molecule has 1 heterocycles. The average Bonchev–Trinajstić information content (AvgIpc) is 2.89. The minimum absolute atomic E-state index is 0.152. The minimum atomic E-state index is -0.890. The number of ether oxygens (including phenoxy) is 1. The highest BCUT2D eigenvalue weighted by Gasteiger charge is 2.18. The molecule has 4 nitrogen and oxygen atoms in total. The average molecular weight is 245 g/mol. The van der Waals surface area contributed by atoms with Crippen LogP contribution in [-0.2, 0) is 16.1 Å². The van der Waals surface area contributed by atoms with E-state index in [4.69, 9.17) is 9.84 Å². The number of carbonyl (C=O) groups is 1. The van der Waals surface area contributed by atoms with Crippen molar-refractivity contribution >= 4 is 5.97 Å². The second-order valence-corrected chi connectivity index (χ2v) is 3.99. The number of hydrogen-bond acceptors (Lipinski definition) is 2. The standard InChI is InChI=1S/C14H15NO3/c16-14(17)13(15-8-4-5-9-15)11-18-10-12-6-2-1-3-7-12/h1-9,13H,10-11H2,(H,16,17). The largest absolute Gasteiger partial charge is 0.480 e. The Morgan fingerprint density at radius 2 is 1.83 bits per heavy atom. The van der Waals surface area contributed by atoms with Gasteiger partial charge in [0.1, 0.15) is 0 Å². The van der Waals surface area contributed by atoms with Crippen molar-refractivity contribution in [1.29, 1.82) is 0 Å². The molecule has 0 aliphatic heterocycles. The van der Waals surface area contributed by atoms with E-state index in [0.717, 1.165) is 5.56 Å². The second kappa shape index (κ2) is 6.02. The predicted octanol–water partition coefficient (Wildman–Crippen LogP) is 2.33. The Kier molecular flexibility index (Phi) is 4.15. The fraction of sp³-hybridized carbons (Fsp3) is 0.214. The van der Waals surface area contributed by atoms with E-state index in [1.807, 2.05) is 30.3 Å². The Morgan fingerprint density at radius 1 is 1.17 bits per heavy atom. The van der Waals surface area contributed by atoms with Crippen LogP contribution in [0.4, 0.5) is 0 Å². The number of aromatic nitrogens is 1. The number of hydrogen-bond donors (Lipinski definition) is 1. The van der Waals surface area contributed by atoms with Gasteiger partial charge in [0.15, 0.2) is 6.04 Å². The lowest BCUT2D eigenvalue weighted by Gasteiger charge is -2.14. The molecule has 1 atom stereocenters. The molecule has 18 heavy (non-hydrogen) atoms. The fourth-order valence-electron chi connectivity index (χ4n) is 1.70.